The van der Waals surface area contributed by atoms with Gasteiger partial charge in [-0.05, 0) is 29.7 Å². The average molecular weight is 241 g/mol. The lowest BCUT2D eigenvalue weighted by Gasteiger charge is -2.12. The molecule has 18 heavy (non-hydrogen) atoms. The number of amides is 2. The van der Waals surface area contributed by atoms with E-state index in [4.69, 9.17) is 0 Å². The van der Waals surface area contributed by atoms with Crippen LogP contribution in [-0.4, -0.2) is 17.5 Å². The van der Waals surface area contributed by atoms with Crippen molar-refractivity contribution in [3.63, 3.8) is 0 Å². The first kappa shape index (κ1) is 9.82. The van der Waals surface area contributed by atoms with Crippen molar-refractivity contribution in [2.75, 3.05) is 5.32 Å². The first-order chi connectivity index (χ1) is 8.72. The molecule has 2 aliphatic heterocycles. The molecule has 2 atom stereocenters. The Morgan fingerprint density at radius 2 is 2.11 bits per heavy atom. The second-order valence-electron chi connectivity index (χ2n) is 5.02. The van der Waals surface area contributed by atoms with Gasteiger partial charge < -0.3 is 5.32 Å². The van der Waals surface area contributed by atoms with E-state index in [0.29, 0.717) is 6.42 Å². The summed E-state index contributed by atoms with van der Waals surface area (Å²) in [5, 5.41) is 6.97. The molecule has 1 aromatic carbocycles. The number of nitrogens with one attached hydrogen (secondary N) is 2. The maximum atomic E-state index is 11.4. The van der Waals surface area contributed by atoms with E-state index in [1.165, 1.54) is 0 Å². The topological polar surface area (TPSA) is 70.6 Å². The van der Waals surface area contributed by atoms with Crippen LogP contribution in [0.1, 0.15) is 17.5 Å². The number of hydrogen-bond acceptors (Lipinski definition) is 3. The molecule has 3 aliphatic rings. The van der Waals surface area contributed by atoms with Gasteiger partial charge in [-0.25, -0.2) is 5.43 Å². The smallest absolute Gasteiger partial charge is 0.243 e. The first-order valence-corrected chi connectivity index (χ1v) is 6.03. The van der Waals surface area contributed by atoms with Gasteiger partial charge in [-0.3, -0.25) is 9.59 Å². The Morgan fingerprint density at radius 1 is 1.22 bits per heavy atom. The van der Waals surface area contributed by atoms with Crippen molar-refractivity contribution in [2.24, 2.45) is 16.9 Å². The minimum absolute atomic E-state index is 0.0294. The molecule has 2 amide bonds. The molecule has 1 fully saturated rings. The molecule has 2 unspecified atom stereocenters. The third-order valence-electron chi connectivity index (χ3n) is 3.79. The van der Waals surface area contributed by atoms with E-state index in [-0.39, 0.29) is 23.7 Å². The van der Waals surface area contributed by atoms with Gasteiger partial charge in [0.25, 0.3) is 0 Å². The van der Waals surface area contributed by atoms with E-state index >= 15 is 0 Å². The minimum atomic E-state index is 0.0294. The predicted octanol–water partition coefficient (Wildman–Crippen LogP) is 0.651. The molecule has 0 aromatic heterocycles. The number of hydrazone groups is 1. The second-order valence-corrected chi connectivity index (χ2v) is 5.02. The SMILES string of the molecule is O=C1Cc2cc(C3=NNC(=O)C4CC34)ccc2N1. The third kappa shape index (κ3) is 1.30. The Bertz CT molecular complexity index is 621. The lowest BCUT2D eigenvalue weighted by atomic mass is 10.0. The maximum absolute atomic E-state index is 11.4. The van der Waals surface area contributed by atoms with Crippen molar-refractivity contribution in [1.82, 2.24) is 5.43 Å². The van der Waals surface area contributed by atoms with Gasteiger partial charge in [-0.1, -0.05) is 6.07 Å². The molecule has 90 valence electrons. The summed E-state index contributed by atoms with van der Waals surface area (Å²) in [5.74, 6) is 0.430. The number of anilines is 1. The summed E-state index contributed by atoms with van der Waals surface area (Å²) in [7, 11) is 0. The zero-order chi connectivity index (χ0) is 12.3. The number of benzene rings is 1. The van der Waals surface area contributed by atoms with Crippen LogP contribution in [0.3, 0.4) is 0 Å². The largest absolute Gasteiger partial charge is 0.326 e. The van der Waals surface area contributed by atoms with Crippen LogP contribution in [0.15, 0.2) is 23.3 Å². The predicted molar refractivity (Wildman–Crippen MR) is 65.1 cm³/mol. The number of hydrogen-bond donors (Lipinski definition) is 2. The molecule has 4 rings (SSSR count). The van der Waals surface area contributed by atoms with Crippen LogP contribution in [-0.2, 0) is 16.0 Å². The van der Waals surface area contributed by atoms with Gasteiger partial charge >= 0.3 is 0 Å². The first-order valence-electron chi connectivity index (χ1n) is 6.03. The fourth-order valence-electron chi connectivity index (χ4n) is 2.74. The van der Waals surface area contributed by atoms with Crippen molar-refractivity contribution < 1.29 is 9.59 Å². The second kappa shape index (κ2) is 3.19. The van der Waals surface area contributed by atoms with Crippen molar-refractivity contribution in [3.8, 4) is 0 Å². The van der Waals surface area contributed by atoms with Crippen molar-refractivity contribution >= 4 is 23.2 Å². The molecule has 0 spiro atoms. The fourth-order valence-corrected chi connectivity index (χ4v) is 2.74. The summed E-state index contributed by atoms with van der Waals surface area (Å²) in [4.78, 5) is 22.7. The Balaban J connectivity index is 1.73. The summed E-state index contributed by atoms with van der Waals surface area (Å²) in [6.45, 7) is 0. The molecule has 5 nitrogen and oxygen atoms in total. The van der Waals surface area contributed by atoms with E-state index < -0.39 is 0 Å². The van der Waals surface area contributed by atoms with E-state index in [9.17, 15) is 9.59 Å². The zero-order valence-electron chi connectivity index (χ0n) is 9.56. The van der Waals surface area contributed by atoms with Crippen LogP contribution in [0.4, 0.5) is 5.69 Å². The summed E-state index contributed by atoms with van der Waals surface area (Å²) in [6.07, 6.45) is 1.32. The number of rotatable bonds is 1. The molecule has 0 radical (unpaired) electrons. The standard InChI is InChI=1S/C13H11N3O2/c17-11-4-7-3-6(1-2-10(7)14-11)12-8-5-9(8)13(18)16-15-12/h1-3,8-9H,4-5H2,(H,14,17)(H,16,18). The van der Waals surface area contributed by atoms with Gasteiger partial charge in [0.1, 0.15) is 0 Å². The Labute approximate surface area is 103 Å². The van der Waals surface area contributed by atoms with E-state index in [0.717, 1.165) is 28.9 Å². The van der Waals surface area contributed by atoms with E-state index in [1.54, 1.807) is 0 Å². The van der Waals surface area contributed by atoms with Crippen molar-refractivity contribution in [3.05, 3.63) is 29.3 Å². The number of fused-ring (bicyclic) bond motifs is 2. The van der Waals surface area contributed by atoms with Gasteiger partial charge in [0, 0.05) is 17.5 Å². The molecule has 1 aliphatic carbocycles. The monoisotopic (exact) mass is 241 g/mol. The van der Waals surface area contributed by atoms with Crippen LogP contribution < -0.4 is 10.7 Å². The lowest BCUT2D eigenvalue weighted by molar-refractivity contribution is -0.122. The zero-order valence-corrected chi connectivity index (χ0v) is 9.56. The van der Waals surface area contributed by atoms with Crippen LogP contribution in [0.2, 0.25) is 0 Å². The van der Waals surface area contributed by atoms with Crippen LogP contribution in [0.25, 0.3) is 0 Å². The molecule has 1 saturated carbocycles. The third-order valence-corrected chi connectivity index (χ3v) is 3.79. The fraction of sp³-hybridized carbons (Fsp3) is 0.308. The maximum Gasteiger partial charge on any atom is 0.243 e. The van der Waals surface area contributed by atoms with Gasteiger partial charge in [-0.15, -0.1) is 0 Å². The van der Waals surface area contributed by atoms with E-state index in [1.807, 2.05) is 18.2 Å². The number of carbonyl (C=O) groups is 2. The molecule has 0 bridgehead atoms. The normalized spacial score (nSPS) is 27.9. The lowest BCUT2D eigenvalue weighted by Crippen LogP contribution is -2.28. The van der Waals surface area contributed by atoms with Crippen LogP contribution >= 0.6 is 0 Å². The highest BCUT2D eigenvalue weighted by Crippen LogP contribution is 2.43. The quantitative estimate of drug-likeness (QED) is 0.758. The molecule has 0 saturated heterocycles. The molecular formula is C13H11N3O2. The molecular weight excluding hydrogens is 230 g/mol. The van der Waals surface area contributed by atoms with Gasteiger partial charge in [0.05, 0.1) is 12.1 Å². The van der Waals surface area contributed by atoms with Gasteiger partial charge in [-0.2, -0.15) is 5.10 Å². The molecule has 1 aromatic rings. The highest BCUT2D eigenvalue weighted by molar-refractivity contribution is 6.10. The van der Waals surface area contributed by atoms with Crippen LogP contribution in [0, 0.1) is 11.8 Å². The molecule has 2 heterocycles. The molecule has 5 heteroatoms. The van der Waals surface area contributed by atoms with Crippen molar-refractivity contribution in [2.45, 2.75) is 12.8 Å². The van der Waals surface area contributed by atoms with Crippen LogP contribution in [0.5, 0.6) is 0 Å². The molecule has 2 N–H and O–H groups in total. The highest BCUT2D eigenvalue weighted by atomic mass is 16.2. The summed E-state index contributed by atoms with van der Waals surface area (Å²) in [5.41, 5.74) is 6.42. The van der Waals surface area contributed by atoms with Crippen molar-refractivity contribution in [1.29, 1.82) is 0 Å². The number of nitrogens with zero attached hydrogens (tertiary/aromatic N) is 1. The Hall–Kier alpha value is -2.17. The Kier molecular flexibility index (Phi) is 1.74. The van der Waals surface area contributed by atoms with Gasteiger partial charge in [0.15, 0.2) is 0 Å². The van der Waals surface area contributed by atoms with Gasteiger partial charge in [0.2, 0.25) is 11.8 Å². The average Bonchev–Trinajstić information content (AvgIpc) is 3.06. The highest BCUT2D eigenvalue weighted by Gasteiger charge is 2.49. The summed E-state index contributed by atoms with van der Waals surface area (Å²) >= 11 is 0. The minimum Gasteiger partial charge on any atom is -0.326 e. The van der Waals surface area contributed by atoms with E-state index in [2.05, 4.69) is 15.8 Å². The summed E-state index contributed by atoms with van der Waals surface area (Å²) < 4.78 is 0. The summed E-state index contributed by atoms with van der Waals surface area (Å²) in [6, 6.07) is 5.86. The Morgan fingerprint density at radius 3 is 3.00 bits per heavy atom. The number of carbonyl (C=O) groups excluding carboxylic acids is 2.